The minimum absolute atomic E-state index is 0.324. The van der Waals surface area contributed by atoms with Crippen LogP contribution in [0, 0.1) is 0 Å². The molecular weight excluding hydrogens is 282 g/mol. The maximum atomic E-state index is 11.5. The minimum Gasteiger partial charge on any atom is -0.444 e. The molecule has 1 aliphatic rings. The summed E-state index contributed by atoms with van der Waals surface area (Å²) < 4.78 is 5.09. The van der Waals surface area contributed by atoms with Gasteiger partial charge in [-0.25, -0.2) is 9.59 Å². The average molecular weight is 303 g/mol. The van der Waals surface area contributed by atoms with E-state index in [1.807, 2.05) is 0 Å². The Morgan fingerprint density at radius 3 is 2.55 bits per heavy atom. The van der Waals surface area contributed by atoms with Crippen molar-refractivity contribution >= 4 is 29.8 Å². The first kappa shape index (κ1) is 16.6. The largest absolute Gasteiger partial charge is 0.444 e. The van der Waals surface area contributed by atoms with Crippen molar-refractivity contribution in [1.82, 2.24) is 16.0 Å². The van der Waals surface area contributed by atoms with Crippen molar-refractivity contribution in [1.29, 1.82) is 0 Å². The number of ether oxygens (including phenoxy) is 1. The molecule has 20 heavy (non-hydrogen) atoms. The average Bonchev–Trinajstić information content (AvgIpc) is 2.49. The van der Waals surface area contributed by atoms with Crippen LogP contribution < -0.4 is 16.0 Å². The lowest BCUT2D eigenvalue weighted by Crippen LogP contribution is -2.46. The number of thioether (sulfide) groups is 1. The number of alkyl carbamates (subject to hydrolysis) is 1. The zero-order chi connectivity index (χ0) is 15.4. The van der Waals surface area contributed by atoms with Gasteiger partial charge < -0.3 is 15.4 Å². The number of rotatable bonds is 5. The first-order chi connectivity index (χ1) is 9.12. The van der Waals surface area contributed by atoms with Crippen LogP contribution in [0.15, 0.2) is 0 Å². The highest BCUT2D eigenvalue weighted by Crippen LogP contribution is 2.16. The molecule has 0 spiro atoms. The van der Waals surface area contributed by atoms with Gasteiger partial charge in [-0.15, -0.1) is 0 Å². The van der Waals surface area contributed by atoms with E-state index < -0.39 is 23.3 Å². The van der Waals surface area contributed by atoms with Crippen molar-refractivity contribution in [2.75, 3.05) is 18.1 Å². The molecule has 1 aliphatic heterocycles. The van der Waals surface area contributed by atoms with E-state index in [9.17, 15) is 14.4 Å². The highest BCUT2D eigenvalue weighted by atomic mass is 32.2. The predicted octanol–water partition coefficient (Wildman–Crippen LogP) is 0.842. The van der Waals surface area contributed by atoms with Gasteiger partial charge in [0.1, 0.15) is 11.1 Å². The summed E-state index contributed by atoms with van der Waals surface area (Å²) in [5.41, 5.74) is -1.40. The molecule has 0 aromatic heterocycles. The van der Waals surface area contributed by atoms with Crippen LogP contribution >= 0.6 is 11.8 Å². The molecule has 7 nitrogen and oxygen atoms in total. The van der Waals surface area contributed by atoms with Gasteiger partial charge in [0, 0.05) is 18.1 Å². The van der Waals surface area contributed by atoms with Gasteiger partial charge >= 0.3 is 12.1 Å². The smallest absolute Gasteiger partial charge is 0.407 e. The van der Waals surface area contributed by atoms with Crippen LogP contribution in [0.4, 0.5) is 9.59 Å². The van der Waals surface area contributed by atoms with Crippen LogP contribution in [-0.2, 0) is 9.53 Å². The van der Waals surface area contributed by atoms with Gasteiger partial charge in [0.2, 0.25) is 0 Å². The van der Waals surface area contributed by atoms with Crippen molar-refractivity contribution in [3.8, 4) is 0 Å². The van der Waals surface area contributed by atoms with Crippen molar-refractivity contribution < 1.29 is 19.1 Å². The molecule has 4 amide bonds. The Morgan fingerprint density at radius 2 is 2.05 bits per heavy atom. The lowest BCUT2D eigenvalue weighted by atomic mass is 10.1. The van der Waals surface area contributed by atoms with Crippen molar-refractivity contribution in [2.24, 2.45) is 0 Å². The summed E-state index contributed by atoms with van der Waals surface area (Å²) in [7, 11) is 0. The van der Waals surface area contributed by atoms with E-state index in [1.54, 1.807) is 27.7 Å². The van der Waals surface area contributed by atoms with Gasteiger partial charge in [0.05, 0.1) is 0 Å². The number of hydrogen-bond donors (Lipinski definition) is 3. The predicted molar refractivity (Wildman–Crippen MR) is 76.6 cm³/mol. The minimum atomic E-state index is -0.881. The molecule has 0 bridgehead atoms. The van der Waals surface area contributed by atoms with Gasteiger partial charge in [-0.2, -0.15) is 11.8 Å². The summed E-state index contributed by atoms with van der Waals surface area (Å²) in [6.07, 6.45) is -0.462. The second-order valence-corrected chi connectivity index (χ2v) is 6.83. The highest BCUT2D eigenvalue weighted by Gasteiger charge is 2.41. The quantitative estimate of drug-likeness (QED) is 0.516. The molecule has 0 saturated carbocycles. The second-order valence-electron chi connectivity index (χ2n) is 5.72. The molecule has 0 radical (unpaired) electrons. The Kier molecular flexibility index (Phi) is 5.27. The van der Waals surface area contributed by atoms with Crippen LogP contribution in [0.25, 0.3) is 0 Å². The summed E-state index contributed by atoms with van der Waals surface area (Å²) >= 11 is 1.47. The van der Waals surface area contributed by atoms with E-state index >= 15 is 0 Å². The fourth-order valence-corrected chi connectivity index (χ4v) is 2.50. The summed E-state index contributed by atoms with van der Waals surface area (Å²) in [5, 5.41) is 7.41. The van der Waals surface area contributed by atoms with E-state index in [0.717, 1.165) is 0 Å². The molecule has 1 fully saturated rings. The second kappa shape index (κ2) is 6.34. The molecule has 114 valence electrons. The number of amides is 4. The zero-order valence-corrected chi connectivity index (χ0v) is 13.0. The number of carbonyl (C=O) groups is 3. The van der Waals surface area contributed by atoms with Crippen LogP contribution in [0.2, 0.25) is 0 Å². The molecule has 3 N–H and O–H groups in total. The van der Waals surface area contributed by atoms with E-state index in [-0.39, 0.29) is 5.91 Å². The summed E-state index contributed by atoms with van der Waals surface area (Å²) in [4.78, 5) is 34.0. The topological polar surface area (TPSA) is 96.5 Å². The molecule has 0 aromatic carbocycles. The number of imide groups is 1. The lowest BCUT2D eigenvalue weighted by Gasteiger charge is -2.21. The first-order valence-corrected chi connectivity index (χ1v) is 7.46. The van der Waals surface area contributed by atoms with E-state index in [4.69, 9.17) is 4.74 Å². The third-order valence-corrected chi connectivity index (χ3v) is 3.70. The monoisotopic (exact) mass is 303 g/mol. The summed E-state index contributed by atoms with van der Waals surface area (Å²) in [6.45, 7) is 7.49. The molecule has 1 saturated heterocycles. The SMILES string of the molecule is CC(C)(C)OC(=O)NCCSC[C@@]1(C)NC(=O)NC1=O. The van der Waals surface area contributed by atoms with Crippen molar-refractivity contribution in [3.05, 3.63) is 0 Å². The number of nitrogens with one attached hydrogen (secondary N) is 3. The number of hydrogen-bond acceptors (Lipinski definition) is 5. The van der Waals surface area contributed by atoms with E-state index in [0.29, 0.717) is 18.1 Å². The van der Waals surface area contributed by atoms with E-state index in [1.165, 1.54) is 11.8 Å². The Bertz CT molecular complexity index is 408. The molecule has 0 unspecified atom stereocenters. The maximum Gasteiger partial charge on any atom is 0.407 e. The first-order valence-electron chi connectivity index (χ1n) is 6.31. The number of urea groups is 1. The molecular formula is C12H21N3O4S. The lowest BCUT2D eigenvalue weighted by molar-refractivity contribution is -0.122. The Hall–Kier alpha value is -1.44. The molecule has 0 aliphatic carbocycles. The summed E-state index contributed by atoms with van der Waals surface area (Å²) in [6, 6.07) is -0.468. The fourth-order valence-electron chi connectivity index (χ4n) is 1.50. The van der Waals surface area contributed by atoms with Crippen molar-refractivity contribution in [3.63, 3.8) is 0 Å². The molecule has 0 aromatic rings. The molecule has 8 heteroatoms. The molecule has 1 atom stereocenters. The maximum absolute atomic E-state index is 11.5. The Labute approximate surface area is 122 Å². The molecule has 1 rings (SSSR count). The van der Waals surface area contributed by atoms with Gasteiger partial charge in [-0.1, -0.05) is 0 Å². The zero-order valence-electron chi connectivity index (χ0n) is 12.2. The Morgan fingerprint density at radius 1 is 1.40 bits per heavy atom. The standard InChI is InChI=1S/C12H21N3O4S/c1-11(2,3)19-10(18)13-5-6-20-7-12(4)8(16)14-9(17)15-12/h5-7H2,1-4H3,(H,13,18)(H2,14,15,16,17)/t12-/m1/s1. The fraction of sp³-hybridized carbons (Fsp3) is 0.750. The normalized spacial score (nSPS) is 22.2. The van der Waals surface area contributed by atoms with Gasteiger partial charge in [-0.05, 0) is 27.7 Å². The number of carbonyl (C=O) groups excluding carboxylic acids is 3. The van der Waals surface area contributed by atoms with Crippen LogP contribution in [0.1, 0.15) is 27.7 Å². The van der Waals surface area contributed by atoms with Crippen LogP contribution in [-0.4, -0.2) is 47.2 Å². The third-order valence-electron chi connectivity index (χ3n) is 2.42. The third kappa shape index (κ3) is 5.28. The Balaban J connectivity index is 2.18. The highest BCUT2D eigenvalue weighted by molar-refractivity contribution is 7.99. The summed E-state index contributed by atoms with van der Waals surface area (Å²) in [5.74, 6) is 0.744. The van der Waals surface area contributed by atoms with Gasteiger partial charge in [0.25, 0.3) is 5.91 Å². The van der Waals surface area contributed by atoms with Gasteiger partial charge in [0.15, 0.2) is 0 Å². The van der Waals surface area contributed by atoms with Crippen LogP contribution in [0.3, 0.4) is 0 Å². The van der Waals surface area contributed by atoms with Crippen LogP contribution in [0.5, 0.6) is 0 Å². The molecule has 1 heterocycles. The van der Waals surface area contributed by atoms with Crippen molar-refractivity contribution in [2.45, 2.75) is 38.8 Å². The van der Waals surface area contributed by atoms with Gasteiger partial charge in [-0.3, -0.25) is 10.1 Å². The van der Waals surface area contributed by atoms with E-state index in [2.05, 4.69) is 16.0 Å².